The van der Waals surface area contributed by atoms with E-state index in [4.69, 9.17) is 4.74 Å². The van der Waals surface area contributed by atoms with Crippen LogP contribution in [0.4, 0.5) is 15.0 Å². The number of aromatic nitrogens is 2. The second-order valence-electron chi connectivity index (χ2n) is 10.0. The number of halogens is 1. The van der Waals surface area contributed by atoms with Crippen LogP contribution in [0.5, 0.6) is 5.06 Å². The maximum atomic E-state index is 13.6. The van der Waals surface area contributed by atoms with Crippen LogP contribution >= 0.6 is 11.3 Å². The zero-order valence-electron chi connectivity index (χ0n) is 21.3. The number of anilines is 1. The van der Waals surface area contributed by atoms with E-state index in [0.29, 0.717) is 32.2 Å². The number of carbonyl (C=O) groups is 2. The molecule has 1 aliphatic heterocycles. The molecule has 10 heteroatoms. The minimum atomic E-state index is -0.848. The van der Waals surface area contributed by atoms with Crippen LogP contribution in [-0.4, -0.2) is 40.2 Å². The van der Waals surface area contributed by atoms with Crippen molar-refractivity contribution in [3.63, 3.8) is 0 Å². The van der Waals surface area contributed by atoms with Crippen LogP contribution in [0.2, 0.25) is 0 Å². The summed E-state index contributed by atoms with van der Waals surface area (Å²) in [7, 11) is 0. The van der Waals surface area contributed by atoms with Crippen LogP contribution in [0, 0.1) is 5.82 Å². The number of amides is 2. The Balaban J connectivity index is 1.20. The lowest BCUT2D eigenvalue weighted by Crippen LogP contribution is -2.42. The average molecular weight is 536 g/mol. The number of piperidine rings is 1. The van der Waals surface area contributed by atoms with Crippen LogP contribution in [-0.2, 0) is 12.1 Å². The van der Waals surface area contributed by atoms with E-state index in [1.165, 1.54) is 48.3 Å². The fourth-order valence-electron chi connectivity index (χ4n) is 4.58. The highest BCUT2D eigenvalue weighted by molar-refractivity contribution is 7.20. The fourth-order valence-corrected chi connectivity index (χ4v) is 5.43. The van der Waals surface area contributed by atoms with E-state index in [2.05, 4.69) is 25.7 Å². The Morgan fingerprint density at radius 1 is 1.11 bits per heavy atom. The van der Waals surface area contributed by atoms with E-state index < -0.39 is 11.6 Å². The molecule has 0 aliphatic carbocycles. The fraction of sp³-hybridized carbons (Fsp3) is 0.321. The van der Waals surface area contributed by atoms with E-state index in [1.807, 2.05) is 24.3 Å². The first-order valence-corrected chi connectivity index (χ1v) is 13.4. The largest absolute Gasteiger partial charge is 0.414 e. The number of H-pyrrole nitrogens is 1. The van der Waals surface area contributed by atoms with Gasteiger partial charge in [-0.1, -0.05) is 42.0 Å². The molecule has 2 amide bonds. The summed E-state index contributed by atoms with van der Waals surface area (Å²) in [5.74, 6) is -0.217. The predicted octanol–water partition coefficient (Wildman–Crippen LogP) is 6.03. The van der Waals surface area contributed by atoms with E-state index >= 15 is 0 Å². The van der Waals surface area contributed by atoms with Crippen LogP contribution in [0.3, 0.4) is 0 Å². The number of rotatable bonds is 7. The monoisotopic (exact) mass is 535 g/mol. The number of nitrogens with zero attached hydrogens (tertiary/aromatic N) is 2. The summed E-state index contributed by atoms with van der Waals surface area (Å²) in [6.45, 7) is 6.66. The summed E-state index contributed by atoms with van der Waals surface area (Å²) in [4.78, 5) is 28.5. The third-order valence-electron chi connectivity index (χ3n) is 6.69. The molecule has 1 aliphatic rings. The number of fused-ring (bicyclic) bond motifs is 1. The molecule has 38 heavy (non-hydrogen) atoms. The van der Waals surface area contributed by atoms with Crippen molar-refractivity contribution in [3.05, 3.63) is 77.1 Å². The van der Waals surface area contributed by atoms with Crippen LogP contribution in [0.15, 0.2) is 54.6 Å². The molecule has 2 aromatic heterocycles. The van der Waals surface area contributed by atoms with Gasteiger partial charge in [-0.2, -0.15) is 5.10 Å². The zero-order valence-corrected chi connectivity index (χ0v) is 22.2. The molecule has 4 aromatic rings. The summed E-state index contributed by atoms with van der Waals surface area (Å²) in [6, 6.07) is 15.3. The van der Waals surface area contributed by atoms with Crippen molar-refractivity contribution in [3.8, 4) is 5.06 Å². The summed E-state index contributed by atoms with van der Waals surface area (Å²) < 4.78 is 19.1. The second kappa shape index (κ2) is 10.9. The van der Waals surface area contributed by atoms with Crippen molar-refractivity contribution >= 4 is 39.4 Å². The van der Waals surface area contributed by atoms with Gasteiger partial charge in [-0.3, -0.25) is 14.8 Å². The van der Waals surface area contributed by atoms with Gasteiger partial charge in [0.2, 0.25) is 0 Å². The molecule has 0 saturated carbocycles. The molecule has 3 heterocycles. The normalized spacial score (nSPS) is 14.4. The van der Waals surface area contributed by atoms with Crippen molar-refractivity contribution < 1.29 is 18.7 Å². The highest BCUT2D eigenvalue weighted by atomic mass is 32.1. The van der Waals surface area contributed by atoms with Gasteiger partial charge in [0.1, 0.15) is 11.6 Å². The molecule has 0 radical (unpaired) electrons. The first-order valence-electron chi connectivity index (χ1n) is 12.6. The summed E-state index contributed by atoms with van der Waals surface area (Å²) in [5, 5.41) is 13.6. The van der Waals surface area contributed by atoms with Gasteiger partial charge >= 0.3 is 6.09 Å². The van der Waals surface area contributed by atoms with Gasteiger partial charge in [0.15, 0.2) is 9.89 Å². The lowest BCUT2D eigenvalue weighted by molar-refractivity contribution is 0.102. The molecule has 5 rings (SSSR count). The van der Waals surface area contributed by atoms with E-state index in [1.54, 1.807) is 32.0 Å². The molecule has 198 valence electrons. The van der Waals surface area contributed by atoms with E-state index in [-0.39, 0.29) is 11.7 Å². The first kappa shape index (κ1) is 25.9. The Hall–Kier alpha value is -3.76. The minimum absolute atomic E-state index is 0.261. The Morgan fingerprint density at radius 3 is 2.61 bits per heavy atom. The molecule has 0 unspecified atom stereocenters. The molecule has 1 saturated heterocycles. The Kier molecular flexibility index (Phi) is 7.44. The number of ether oxygens (including phenoxy) is 1. The highest BCUT2D eigenvalue weighted by Gasteiger charge is 2.25. The zero-order chi connectivity index (χ0) is 26.7. The SMILES string of the molecule is CC(C)(NC(=O)Oc1cc2c(NC(=O)c3ccc(CN4CCCCC4)cc3)[nH]nc2s1)c1cccc(F)c1. The molecule has 0 spiro atoms. The van der Waals surface area contributed by atoms with E-state index in [9.17, 15) is 14.0 Å². The molecule has 0 bridgehead atoms. The molecular weight excluding hydrogens is 505 g/mol. The molecular formula is C28H30FN5O3S. The number of hydrogen-bond donors (Lipinski definition) is 3. The van der Waals surface area contributed by atoms with Gasteiger partial charge in [-0.15, -0.1) is 0 Å². The molecule has 1 fully saturated rings. The Labute approximate surface area is 224 Å². The number of likely N-dealkylation sites (tertiary alicyclic amines) is 1. The number of nitrogens with one attached hydrogen (secondary N) is 3. The van der Waals surface area contributed by atoms with Crippen LogP contribution in [0.1, 0.15) is 54.6 Å². The van der Waals surface area contributed by atoms with Crippen molar-refractivity contribution in [2.45, 2.75) is 45.2 Å². The maximum absolute atomic E-state index is 13.6. The van der Waals surface area contributed by atoms with Gasteiger partial charge in [-0.05, 0) is 75.2 Å². The molecule has 8 nitrogen and oxygen atoms in total. The third-order valence-corrected chi connectivity index (χ3v) is 7.60. The number of hydrogen-bond acceptors (Lipinski definition) is 6. The van der Waals surface area contributed by atoms with E-state index in [0.717, 1.165) is 19.6 Å². The number of thiophene rings is 1. The van der Waals surface area contributed by atoms with Crippen LogP contribution in [0.25, 0.3) is 10.2 Å². The van der Waals surface area contributed by atoms with Gasteiger partial charge in [0, 0.05) is 18.2 Å². The lowest BCUT2D eigenvalue weighted by Gasteiger charge is -2.26. The summed E-state index contributed by atoms with van der Waals surface area (Å²) in [6.07, 6.45) is 3.11. The smallest absolute Gasteiger partial charge is 0.399 e. The Bertz CT molecular complexity index is 1440. The van der Waals surface area contributed by atoms with Gasteiger partial charge in [0.25, 0.3) is 5.91 Å². The van der Waals surface area contributed by atoms with Crippen molar-refractivity contribution in [2.75, 3.05) is 18.4 Å². The van der Waals surface area contributed by atoms with Gasteiger partial charge < -0.3 is 15.4 Å². The first-order chi connectivity index (χ1) is 18.3. The number of aromatic amines is 1. The Morgan fingerprint density at radius 2 is 1.87 bits per heavy atom. The third kappa shape index (κ3) is 6.03. The van der Waals surface area contributed by atoms with Crippen LogP contribution < -0.4 is 15.4 Å². The molecule has 0 atom stereocenters. The average Bonchev–Trinajstić information content (AvgIpc) is 3.45. The standard InChI is InChI=1S/C28H30FN5O3S/c1-28(2,20-7-6-8-21(29)15-20)31-27(36)37-23-16-22-24(32-33-26(22)38-23)30-25(35)19-11-9-18(10-12-19)17-34-13-4-3-5-14-34/h6-12,15-16H,3-5,13-14,17H2,1-2H3,(H,31,36)(H2,30,32,33,35). The predicted molar refractivity (Wildman–Crippen MR) is 146 cm³/mol. The molecule has 3 N–H and O–H groups in total. The summed E-state index contributed by atoms with van der Waals surface area (Å²) in [5.41, 5.74) is 1.49. The maximum Gasteiger partial charge on any atom is 0.414 e. The second-order valence-corrected chi connectivity index (χ2v) is 11.0. The lowest BCUT2D eigenvalue weighted by atomic mass is 9.94. The van der Waals surface area contributed by atoms with Gasteiger partial charge in [-0.25, -0.2) is 9.18 Å². The van der Waals surface area contributed by atoms with Crippen molar-refractivity contribution in [2.24, 2.45) is 0 Å². The minimum Gasteiger partial charge on any atom is -0.399 e. The van der Waals surface area contributed by atoms with Crippen molar-refractivity contribution in [1.82, 2.24) is 20.4 Å². The number of carbonyl (C=O) groups excluding carboxylic acids is 2. The topological polar surface area (TPSA) is 99.4 Å². The number of benzene rings is 2. The highest BCUT2D eigenvalue weighted by Crippen LogP contribution is 2.35. The van der Waals surface area contributed by atoms with Crippen molar-refractivity contribution in [1.29, 1.82) is 0 Å². The van der Waals surface area contributed by atoms with Gasteiger partial charge in [0.05, 0.1) is 10.9 Å². The summed E-state index contributed by atoms with van der Waals surface area (Å²) >= 11 is 1.17. The molecule has 2 aromatic carbocycles. The quantitative estimate of drug-likeness (QED) is 0.269.